The van der Waals surface area contributed by atoms with Gasteiger partial charge in [-0.2, -0.15) is 0 Å². The quantitative estimate of drug-likeness (QED) is 0.474. The van der Waals surface area contributed by atoms with Gasteiger partial charge in [-0.3, -0.25) is 19.3 Å². The minimum Gasteiger partial charge on any atom is -0.457 e. The molecule has 2 aliphatic rings. The SMILES string of the molecule is Cc1ccc(C(=O)COC(=O)CCN2C(=O)NC3(CCCC3)C2=O)s1. The lowest BCUT2D eigenvalue weighted by Crippen LogP contribution is -2.44. The van der Waals surface area contributed by atoms with Crippen LogP contribution in [0.3, 0.4) is 0 Å². The molecule has 1 N–H and O–H groups in total. The van der Waals surface area contributed by atoms with Gasteiger partial charge in [0.1, 0.15) is 5.54 Å². The lowest BCUT2D eigenvalue weighted by atomic mass is 9.98. The third kappa shape index (κ3) is 3.58. The van der Waals surface area contributed by atoms with E-state index in [-0.39, 0.29) is 31.3 Å². The van der Waals surface area contributed by atoms with E-state index in [0.29, 0.717) is 17.7 Å². The fourth-order valence-electron chi connectivity index (χ4n) is 3.27. The van der Waals surface area contributed by atoms with E-state index in [1.807, 2.05) is 13.0 Å². The van der Waals surface area contributed by atoms with Crippen molar-refractivity contribution in [3.05, 3.63) is 21.9 Å². The molecule has 7 nitrogen and oxygen atoms in total. The number of carbonyl (C=O) groups is 4. The molecule has 0 unspecified atom stereocenters. The standard InChI is InChI=1S/C17H20N2O5S/c1-11-4-5-13(25-11)12(20)10-24-14(21)6-9-19-15(22)17(18-16(19)23)7-2-3-8-17/h4-5H,2-3,6-10H2,1H3,(H,18,23). The Balaban J connectivity index is 1.47. The molecule has 1 aliphatic carbocycles. The number of rotatable bonds is 6. The van der Waals surface area contributed by atoms with Crippen molar-refractivity contribution in [3.63, 3.8) is 0 Å². The zero-order chi connectivity index (χ0) is 18.0. The van der Waals surface area contributed by atoms with Crippen molar-refractivity contribution in [1.29, 1.82) is 0 Å². The molecule has 1 aromatic heterocycles. The van der Waals surface area contributed by atoms with Gasteiger partial charge in [-0.15, -0.1) is 11.3 Å². The normalized spacial score (nSPS) is 18.7. The molecule has 0 atom stereocenters. The summed E-state index contributed by atoms with van der Waals surface area (Å²) < 4.78 is 4.96. The number of carbonyl (C=O) groups excluding carboxylic acids is 4. The Hall–Kier alpha value is -2.22. The number of nitrogens with one attached hydrogen (secondary N) is 1. The van der Waals surface area contributed by atoms with Crippen LogP contribution in [0.15, 0.2) is 12.1 Å². The van der Waals surface area contributed by atoms with E-state index in [2.05, 4.69) is 5.32 Å². The van der Waals surface area contributed by atoms with Crippen LogP contribution >= 0.6 is 11.3 Å². The summed E-state index contributed by atoms with van der Waals surface area (Å²) in [5.74, 6) is -1.12. The van der Waals surface area contributed by atoms with Crippen molar-refractivity contribution in [2.75, 3.05) is 13.2 Å². The Labute approximate surface area is 149 Å². The van der Waals surface area contributed by atoms with Crippen LogP contribution in [0.1, 0.15) is 46.7 Å². The van der Waals surface area contributed by atoms with Crippen molar-refractivity contribution < 1.29 is 23.9 Å². The summed E-state index contributed by atoms with van der Waals surface area (Å²) in [6, 6.07) is 3.07. The number of hydrogen-bond donors (Lipinski definition) is 1. The molecule has 3 amide bonds. The summed E-state index contributed by atoms with van der Waals surface area (Å²) in [5, 5.41) is 2.76. The number of Topliss-reactive ketones (excluding diaryl/α,β-unsaturated/α-hetero) is 1. The number of ketones is 1. The number of ether oxygens (including phenoxy) is 1. The van der Waals surface area contributed by atoms with Gasteiger partial charge in [-0.1, -0.05) is 12.8 Å². The van der Waals surface area contributed by atoms with Gasteiger partial charge in [0.05, 0.1) is 11.3 Å². The fraction of sp³-hybridized carbons (Fsp3) is 0.529. The van der Waals surface area contributed by atoms with Crippen LogP contribution in [-0.4, -0.2) is 47.3 Å². The average molecular weight is 364 g/mol. The highest BCUT2D eigenvalue weighted by Crippen LogP contribution is 2.35. The van der Waals surface area contributed by atoms with Gasteiger partial charge in [0, 0.05) is 11.4 Å². The topological polar surface area (TPSA) is 92.8 Å². The van der Waals surface area contributed by atoms with E-state index in [1.165, 1.54) is 11.3 Å². The summed E-state index contributed by atoms with van der Waals surface area (Å²) in [5.41, 5.74) is -0.770. The zero-order valence-electron chi connectivity index (χ0n) is 14.0. The van der Waals surface area contributed by atoms with Gasteiger partial charge in [0.25, 0.3) is 5.91 Å². The number of aryl methyl sites for hydroxylation is 1. The lowest BCUT2D eigenvalue weighted by molar-refractivity contribution is -0.143. The Bertz CT molecular complexity index is 720. The molecule has 25 heavy (non-hydrogen) atoms. The average Bonchev–Trinajstić information content (AvgIpc) is 3.27. The van der Waals surface area contributed by atoms with Crippen molar-refractivity contribution in [2.24, 2.45) is 0 Å². The van der Waals surface area contributed by atoms with Crippen LogP contribution < -0.4 is 5.32 Å². The Morgan fingerprint density at radius 3 is 2.64 bits per heavy atom. The second kappa shape index (κ2) is 6.95. The highest BCUT2D eigenvalue weighted by molar-refractivity contribution is 7.14. The van der Waals surface area contributed by atoms with E-state index < -0.39 is 17.5 Å². The summed E-state index contributed by atoms with van der Waals surface area (Å²) >= 11 is 1.35. The van der Waals surface area contributed by atoms with E-state index in [1.54, 1.807) is 6.07 Å². The first-order valence-corrected chi connectivity index (χ1v) is 9.12. The second-order valence-corrected chi connectivity index (χ2v) is 7.71. The highest BCUT2D eigenvalue weighted by atomic mass is 32.1. The van der Waals surface area contributed by atoms with Crippen LogP contribution in [0.5, 0.6) is 0 Å². The van der Waals surface area contributed by atoms with Crippen LogP contribution in [0.2, 0.25) is 0 Å². The lowest BCUT2D eigenvalue weighted by Gasteiger charge is -2.19. The maximum Gasteiger partial charge on any atom is 0.325 e. The van der Waals surface area contributed by atoms with Crippen LogP contribution in [0.25, 0.3) is 0 Å². The van der Waals surface area contributed by atoms with Crippen LogP contribution in [0, 0.1) is 6.92 Å². The van der Waals surface area contributed by atoms with Gasteiger partial charge in [0.15, 0.2) is 6.61 Å². The molecule has 1 saturated heterocycles. The molecule has 0 bridgehead atoms. The third-order valence-corrected chi connectivity index (χ3v) is 5.66. The first-order valence-electron chi connectivity index (χ1n) is 8.31. The van der Waals surface area contributed by atoms with Gasteiger partial charge in [-0.05, 0) is 31.9 Å². The summed E-state index contributed by atoms with van der Waals surface area (Å²) in [4.78, 5) is 50.8. The summed E-state index contributed by atoms with van der Waals surface area (Å²) in [6.07, 6.45) is 2.99. The van der Waals surface area contributed by atoms with Gasteiger partial charge in [0.2, 0.25) is 5.78 Å². The largest absolute Gasteiger partial charge is 0.457 e. The first-order chi connectivity index (χ1) is 11.9. The van der Waals surface area contributed by atoms with Gasteiger partial charge in [-0.25, -0.2) is 4.79 Å². The molecule has 134 valence electrons. The van der Waals surface area contributed by atoms with E-state index in [9.17, 15) is 19.2 Å². The van der Waals surface area contributed by atoms with Crippen molar-refractivity contribution in [3.8, 4) is 0 Å². The Morgan fingerprint density at radius 2 is 2.00 bits per heavy atom. The molecule has 2 fully saturated rings. The number of esters is 1. The van der Waals surface area contributed by atoms with Crippen molar-refractivity contribution in [2.45, 2.75) is 44.6 Å². The van der Waals surface area contributed by atoms with E-state index in [0.717, 1.165) is 22.6 Å². The van der Waals surface area contributed by atoms with Crippen molar-refractivity contribution in [1.82, 2.24) is 10.2 Å². The van der Waals surface area contributed by atoms with Crippen LogP contribution in [0.4, 0.5) is 4.79 Å². The minimum absolute atomic E-state index is 0.0302. The number of urea groups is 1. The van der Waals surface area contributed by atoms with Gasteiger partial charge >= 0.3 is 12.0 Å². The van der Waals surface area contributed by atoms with E-state index >= 15 is 0 Å². The fourth-order valence-corrected chi connectivity index (χ4v) is 4.07. The molecule has 0 aromatic carbocycles. The zero-order valence-corrected chi connectivity index (χ0v) is 14.8. The first kappa shape index (κ1) is 17.6. The predicted octanol–water partition coefficient (Wildman–Crippen LogP) is 2.04. The Morgan fingerprint density at radius 1 is 1.28 bits per heavy atom. The maximum atomic E-state index is 12.4. The van der Waals surface area contributed by atoms with Gasteiger partial charge < -0.3 is 10.1 Å². The van der Waals surface area contributed by atoms with Crippen molar-refractivity contribution >= 4 is 35.0 Å². The molecular formula is C17H20N2O5S. The molecule has 1 aliphatic heterocycles. The maximum absolute atomic E-state index is 12.4. The molecule has 8 heteroatoms. The molecular weight excluding hydrogens is 344 g/mol. The van der Waals surface area contributed by atoms with Crippen LogP contribution in [-0.2, 0) is 14.3 Å². The minimum atomic E-state index is -0.770. The monoisotopic (exact) mass is 364 g/mol. The number of thiophene rings is 1. The molecule has 3 rings (SSSR count). The molecule has 1 spiro atoms. The third-order valence-electron chi connectivity index (χ3n) is 4.62. The predicted molar refractivity (Wildman–Crippen MR) is 90.4 cm³/mol. The number of nitrogens with zero attached hydrogens (tertiary/aromatic N) is 1. The number of imide groups is 1. The molecule has 0 radical (unpaired) electrons. The Kier molecular flexibility index (Phi) is 4.89. The summed E-state index contributed by atoms with van der Waals surface area (Å²) in [7, 11) is 0. The summed E-state index contributed by atoms with van der Waals surface area (Å²) in [6.45, 7) is 1.53. The molecule has 2 heterocycles. The highest BCUT2D eigenvalue weighted by Gasteiger charge is 2.52. The molecule has 1 aromatic rings. The molecule has 1 saturated carbocycles. The number of hydrogen-bond acceptors (Lipinski definition) is 6. The van der Waals surface area contributed by atoms with E-state index in [4.69, 9.17) is 4.74 Å². The second-order valence-electron chi connectivity index (χ2n) is 6.42. The smallest absolute Gasteiger partial charge is 0.325 e. The number of amides is 3.